The van der Waals surface area contributed by atoms with Gasteiger partial charge in [0.05, 0.1) is 6.04 Å². The van der Waals surface area contributed by atoms with Gasteiger partial charge in [0.25, 0.3) is 0 Å². The van der Waals surface area contributed by atoms with Crippen LogP contribution in [0.4, 0.5) is 0 Å². The minimum Gasteiger partial charge on any atom is -0.393 e. The third-order valence-corrected chi connectivity index (χ3v) is 2.56. The molecule has 0 aromatic rings. The van der Waals surface area contributed by atoms with Gasteiger partial charge in [-0.1, -0.05) is 24.9 Å². The summed E-state index contributed by atoms with van der Waals surface area (Å²) in [5, 5.41) is 6.91. The molecule has 0 spiro atoms. The Bertz CT molecular complexity index is 350. The predicted octanol–water partition coefficient (Wildman–Crippen LogP) is 1.71. The number of hydrogen-bond donors (Lipinski definition) is 1. The minimum atomic E-state index is 0.0861. The number of carbonyl (C=O) groups excluding carboxylic acids is 1. The second-order valence-electron chi connectivity index (χ2n) is 4.46. The number of nitrogens with one attached hydrogen (secondary N) is 1. The van der Waals surface area contributed by atoms with Gasteiger partial charge in [-0.15, -0.1) is 0 Å². The van der Waals surface area contributed by atoms with Gasteiger partial charge < -0.3 is 10.2 Å². The maximum atomic E-state index is 11.2. The Morgan fingerprint density at radius 2 is 2.41 bits per heavy atom. The van der Waals surface area contributed by atoms with E-state index in [9.17, 15) is 4.79 Å². The van der Waals surface area contributed by atoms with Crippen molar-refractivity contribution in [2.45, 2.75) is 46.1 Å². The molecule has 0 bridgehead atoms. The Labute approximate surface area is 103 Å². The summed E-state index contributed by atoms with van der Waals surface area (Å²) in [5.74, 6) is 6.09. The van der Waals surface area contributed by atoms with E-state index in [-0.39, 0.29) is 17.9 Å². The average molecular weight is 236 g/mol. The molecule has 1 fully saturated rings. The molecule has 0 radical (unpaired) electrons. The zero-order chi connectivity index (χ0) is 12.7. The first-order valence-electron chi connectivity index (χ1n) is 6.05. The van der Waals surface area contributed by atoms with Crippen LogP contribution in [0.15, 0.2) is 5.16 Å². The molecule has 1 rings (SSSR count). The molecule has 0 aromatic heterocycles. The molecule has 0 unspecified atom stereocenters. The first-order valence-corrected chi connectivity index (χ1v) is 6.05. The van der Waals surface area contributed by atoms with Crippen LogP contribution in [0.1, 0.15) is 40.0 Å². The number of hydrogen-bond acceptors (Lipinski definition) is 3. The lowest BCUT2D eigenvalue weighted by molar-refractivity contribution is -0.123. The van der Waals surface area contributed by atoms with Crippen molar-refractivity contribution in [2.24, 2.45) is 11.1 Å². The molecular formula is C13H20N2O2. The molecule has 0 aliphatic carbocycles. The monoisotopic (exact) mass is 236 g/mol. The summed E-state index contributed by atoms with van der Waals surface area (Å²) in [7, 11) is 0. The van der Waals surface area contributed by atoms with E-state index in [0.29, 0.717) is 13.0 Å². The van der Waals surface area contributed by atoms with Crippen molar-refractivity contribution in [1.82, 2.24) is 5.32 Å². The van der Waals surface area contributed by atoms with Crippen LogP contribution in [0.3, 0.4) is 0 Å². The highest BCUT2D eigenvalue weighted by molar-refractivity contribution is 6.01. The molecule has 1 aliphatic heterocycles. The number of rotatable bonds is 4. The first-order chi connectivity index (χ1) is 8.13. The summed E-state index contributed by atoms with van der Waals surface area (Å²) in [6.07, 6.45) is 2.51. The maximum Gasteiger partial charge on any atom is 0.220 e. The smallest absolute Gasteiger partial charge is 0.220 e. The second-order valence-corrected chi connectivity index (χ2v) is 4.46. The molecule has 1 aliphatic rings. The van der Waals surface area contributed by atoms with E-state index in [4.69, 9.17) is 4.84 Å². The summed E-state index contributed by atoms with van der Waals surface area (Å²) in [5.41, 5.74) is 0.745. The molecule has 1 saturated heterocycles. The lowest BCUT2D eigenvalue weighted by atomic mass is 10.1. The van der Waals surface area contributed by atoms with Gasteiger partial charge in [0.15, 0.2) is 0 Å². The van der Waals surface area contributed by atoms with Crippen LogP contribution in [0, 0.1) is 17.8 Å². The summed E-state index contributed by atoms with van der Waals surface area (Å²) in [6, 6.07) is 0.0861. The lowest BCUT2D eigenvalue weighted by Crippen LogP contribution is -2.41. The summed E-state index contributed by atoms with van der Waals surface area (Å²) in [6.45, 7) is 6.25. The van der Waals surface area contributed by atoms with E-state index in [2.05, 4.69) is 22.3 Å². The number of carbonyl (C=O) groups is 1. The normalized spacial score (nSPS) is 20.6. The van der Waals surface area contributed by atoms with Gasteiger partial charge in [-0.2, -0.15) is 0 Å². The molecule has 1 N–H and O–H groups in total. The van der Waals surface area contributed by atoms with Gasteiger partial charge in [0.1, 0.15) is 12.3 Å². The summed E-state index contributed by atoms with van der Waals surface area (Å²) in [4.78, 5) is 16.4. The largest absolute Gasteiger partial charge is 0.393 e. The van der Waals surface area contributed by atoms with E-state index in [0.717, 1.165) is 18.6 Å². The molecule has 1 heterocycles. The Morgan fingerprint density at radius 1 is 1.65 bits per heavy atom. The van der Waals surface area contributed by atoms with Crippen molar-refractivity contribution >= 4 is 11.6 Å². The van der Waals surface area contributed by atoms with E-state index >= 15 is 0 Å². The zero-order valence-corrected chi connectivity index (χ0v) is 10.7. The minimum absolute atomic E-state index is 0.0861. The molecule has 4 heteroatoms. The molecular weight excluding hydrogens is 216 g/mol. The number of piperidine rings is 1. The van der Waals surface area contributed by atoms with Crippen molar-refractivity contribution in [2.75, 3.05) is 6.61 Å². The standard InChI is InChI=1S/C13H20N2O2/c1-4-6-12(10(2)3)15-17-9-11-7-5-8-13(16)14-11/h10-11H,5,7-9H2,1-3H3,(H,14,16)/b15-12+/t11-/m1/s1. The van der Waals surface area contributed by atoms with E-state index in [1.54, 1.807) is 6.92 Å². The van der Waals surface area contributed by atoms with E-state index in [1.165, 1.54) is 0 Å². The Balaban J connectivity index is 2.40. The first kappa shape index (κ1) is 13.6. The summed E-state index contributed by atoms with van der Waals surface area (Å²) >= 11 is 0. The number of amides is 1. The Kier molecular flexibility index (Phi) is 5.55. The van der Waals surface area contributed by atoms with Gasteiger partial charge >= 0.3 is 0 Å². The van der Waals surface area contributed by atoms with Crippen LogP contribution < -0.4 is 5.32 Å². The SMILES string of the molecule is CC#C/C(=N\OC[C@H]1CCCC(=O)N1)C(C)C. The maximum absolute atomic E-state index is 11.2. The van der Waals surface area contributed by atoms with Crippen molar-refractivity contribution in [1.29, 1.82) is 0 Å². The predicted molar refractivity (Wildman–Crippen MR) is 67.5 cm³/mol. The van der Waals surface area contributed by atoms with Crippen LogP contribution >= 0.6 is 0 Å². The third kappa shape index (κ3) is 4.90. The van der Waals surface area contributed by atoms with Crippen molar-refractivity contribution < 1.29 is 9.63 Å². The van der Waals surface area contributed by atoms with Crippen LogP contribution in [0.5, 0.6) is 0 Å². The number of oxime groups is 1. The van der Waals surface area contributed by atoms with Crippen LogP contribution in [0.2, 0.25) is 0 Å². The fraction of sp³-hybridized carbons (Fsp3) is 0.692. The van der Waals surface area contributed by atoms with Crippen molar-refractivity contribution in [3.05, 3.63) is 0 Å². The van der Waals surface area contributed by atoms with E-state index in [1.807, 2.05) is 13.8 Å². The molecule has 1 atom stereocenters. The molecule has 94 valence electrons. The molecule has 17 heavy (non-hydrogen) atoms. The molecule has 0 saturated carbocycles. The second kappa shape index (κ2) is 6.95. The van der Waals surface area contributed by atoms with Gasteiger partial charge in [0, 0.05) is 12.3 Å². The highest BCUT2D eigenvalue weighted by Gasteiger charge is 2.18. The highest BCUT2D eigenvalue weighted by Crippen LogP contribution is 2.08. The highest BCUT2D eigenvalue weighted by atomic mass is 16.6. The lowest BCUT2D eigenvalue weighted by Gasteiger charge is -2.21. The van der Waals surface area contributed by atoms with Gasteiger partial charge in [-0.25, -0.2) is 0 Å². The van der Waals surface area contributed by atoms with Crippen molar-refractivity contribution in [3.8, 4) is 11.8 Å². The summed E-state index contributed by atoms with van der Waals surface area (Å²) < 4.78 is 0. The van der Waals surface area contributed by atoms with Gasteiger partial charge in [-0.05, 0) is 25.7 Å². The Hall–Kier alpha value is -1.50. The molecule has 4 nitrogen and oxygen atoms in total. The van der Waals surface area contributed by atoms with Crippen LogP contribution in [0.25, 0.3) is 0 Å². The van der Waals surface area contributed by atoms with Crippen molar-refractivity contribution in [3.63, 3.8) is 0 Å². The van der Waals surface area contributed by atoms with Gasteiger partial charge in [-0.3, -0.25) is 4.79 Å². The van der Waals surface area contributed by atoms with E-state index < -0.39 is 0 Å². The van der Waals surface area contributed by atoms with Gasteiger partial charge in [0.2, 0.25) is 5.91 Å². The third-order valence-electron chi connectivity index (χ3n) is 2.56. The quantitative estimate of drug-likeness (QED) is 0.459. The molecule has 0 aromatic carbocycles. The average Bonchev–Trinajstić information content (AvgIpc) is 2.28. The Morgan fingerprint density at radius 3 is 3.00 bits per heavy atom. The fourth-order valence-electron chi connectivity index (χ4n) is 1.60. The van der Waals surface area contributed by atoms with Crippen LogP contribution in [-0.2, 0) is 9.63 Å². The topological polar surface area (TPSA) is 50.7 Å². The fourth-order valence-corrected chi connectivity index (χ4v) is 1.60. The molecule has 1 amide bonds. The van der Waals surface area contributed by atoms with Crippen LogP contribution in [-0.4, -0.2) is 24.3 Å². The zero-order valence-electron chi connectivity index (χ0n) is 10.7. The number of nitrogens with zero attached hydrogens (tertiary/aromatic N) is 1.